The van der Waals surface area contributed by atoms with Crippen molar-refractivity contribution in [3.8, 4) is 0 Å². The van der Waals surface area contributed by atoms with E-state index in [1.807, 2.05) is 0 Å². The van der Waals surface area contributed by atoms with Crippen molar-refractivity contribution in [2.45, 2.75) is 6.92 Å². The van der Waals surface area contributed by atoms with E-state index in [-0.39, 0.29) is 38.6 Å². The van der Waals surface area contributed by atoms with Crippen LogP contribution in [0.2, 0.25) is 0 Å². The molecule has 27 valence electrons. The Morgan fingerprint density at radius 1 is 1.75 bits per heavy atom. The van der Waals surface area contributed by atoms with Crippen LogP contribution in [0.1, 0.15) is 6.92 Å². The maximum absolute atomic E-state index is 8.81. The average Bonchev–Trinajstić information content (AvgIpc) is 0.918. The Labute approximate surface area is 56.2 Å². The molecule has 0 aliphatic carbocycles. The summed E-state index contributed by atoms with van der Waals surface area (Å²) in [5.74, 6) is 0. The molecule has 0 bridgehead atoms. The first-order valence-corrected chi connectivity index (χ1v) is 0.813. The van der Waals surface area contributed by atoms with Crippen molar-refractivity contribution < 1.29 is 43.4 Å². The van der Waals surface area contributed by atoms with E-state index >= 15 is 0 Å². The predicted molar refractivity (Wildman–Crippen MR) is 11.7 cm³/mol. The summed E-state index contributed by atoms with van der Waals surface area (Å²) in [7, 11) is 0. The maximum atomic E-state index is 8.81. The molecule has 0 aromatic carbocycles. The van der Waals surface area contributed by atoms with Crippen LogP contribution in [0, 0.1) is 38.6 Å². The zero-order chi connectivity index (χ0) is 2.71. The van der Waals surface area contributed by atoms with Gasteiger partial charge in [0.05, 0.1) is 0 Å². The second-order valence-electron chi connectivity index (χ2n) is 0.236. The van der Waals surface area contributed by atoms with Crippen LogP contribution in [0.15, 0.2) is 0 Å². The molecule has 0 atom stereocenters. The first-order valence-electron chi connectivity index (χ1n) is 0.813. The molecule has 4 heavy (non-hydrogen) atoms. The summed E-state index contributed by atoms with van der Waals surface area (Å²) in [5.41, 5.74) is 0. The molecule has 0 N–H and O–H groups in total. The molecule has 0 fully saturated rings. The van der Waals surface area contributed by atoms with Crippen LogP contribution in [0.25, 0.3) is 0 Å². The largest absolute Gasteiger partial charge is 0.304 e. The molecule has 1 radical (unpaired) electrons. The number of hydrogen-bond donors (Lipinski definition) is 0. The third-order valence-electron chi connectivity index (χ3n) is 0. The Hall–Kier alpha value is 0.956. The van der Waals surface area contributed by atoms with Gasteiger partial charge in [0.25, 0.3) is 0 Å². The normalized spacial score (nSPS) is 3.25. The Morgan fingerprint density at radius 2 is 1.75 bits per heavy atom. The van der Waals surface area contributed by atoms with Gasteiger partial charge < -0.3 is 4.79 Å². The molecule has 0 aromatic rings. The minimum atomic E-state index is 0. The first kappa shape index (κ1) is 8.88. The van der Waals surface area contributed by atoms with Crippen LogP contribution in [-0.2, 0) is 4.79 Å². The molecule has 0 unspecified atom stereocenters. The first-order chi connectivity index (χ1) is 1.41. The van der Waals surface area contributed by atoms with Crippen molar-refractivity contribution in [1.29, 1.82) is 0 Å². The van der Waals surface area contributed by atoms with Gasteiger partial charge in [0, 0.05) is 38.6 Å². The van der Waals surface area contributed by atoms with Gasteiger partial charge >= 0.3 is 0 Å². The molecule has 0 saturated carbocycles. The Kier molecular flexibility index (Phi) is 20.0. The van der Waals surface area contributed by atoms with E-state index in [0.29, 0.717) is 0 Å². The van der Waals surface area contributed by atoms with Gasteiger partial charge in [-0.3, -0.25) is 0 Å². The molecule has 0 aromatic heterocycles. The van der Waals surface area contributed by atoms with Gasteiger partial charge in [0.2, 0.25) is 0 Å². The van der Waals surface area contributed by atoms with Gasteiger partial charge in [-0.1, -0.05) is 0 Å². The summed E-state index contributed by atoms with van der Waals surface area (Å²) in [6, 6.07) is 0. The minimum Gasteiger partial charge on any atom is -0.304 e. The molecule has 0 amide bonds. The van der Waals surface area contributed by atoms with Crippen molar-refractivity contribution in [3.05, 3.63) is 0 Å². The van der Waals surface area contributed by atoms with Gasteiger partial charge in [-0.25, -0.2) is 0 Å². The molecular weight excluding hydrogens is 199 g/mol. The zero-order valence-electron chi connectivity index (χ0n) is 2.32. The summed E-state index contributed by atoms with van der Waals surface area (Å²) in [6.07, 6.45) is 0.750. The average molecular weight is 203 g/mol. The number of hydrogen-bond acceptors (Lipinski definition) is 1. The maximum Gasteiger partial charge on any atom is 0.116 e. The van der Waals surface area contributed by atoms with E-state index in [1.165, 1.54) is 6.92 Å². The fourth-order valence-electron chi connectivity index (χ4n) is 0. The van der Waals surface area contributed by atoms with E-state index in [1.54, 1.807) is 0 Å². The fraction of sp³-hybridized carbons (Fsp3) is 0.500. The Bertz CT molecular complexity index is 13.5. The second-order valence-corrected chi connectivity index (χ2v) is 0.236. The van der Waals surface area contributed by atoms with Crippen molar-refractivity contribution in [2.24, 2.45) is 0 Å². The van der Waals surface area contributed by atoms with Gasteiger partial charge in [0.15, 0.2) is 0 Å². The molecule has 1 nitrogen and oxygen atoms in total. The van der Waals surface area contributed by atoms with E-state index in [4.69, 9.17) is 4.79 Å². The SMILES string of the molecule is CC=O.[Tb]. The van der Waals surface area contributed by atoms with Gasteiger partial charge in [-0.15, -0.1) is 0 Å². The second kappa shape index (κ2) is 9.04. The smallest absolute Gasteiger partial charge is 0.116 e. The summed E-state index contributed by atoms with van der Waals surface area (Å²) >= 11 is 0. The summed E-state index contributed by atoms with van der Waals surface area (Å²) < 4.78 is 0. The van der Waals surface area contributed by atoms with Crippen molar-refractivity contribution >= 4 is 6.29 Å². The number of carbonyl (C=O) groups is 1. The van der Waals surface area contributed by atoms with Crippen molar-refractivity contribution in [1.82, 2.24) is 0 Å². The fourth-order valence-corrected chi connectivity index (χ4v) is 0. The van der Waals surface area contributed by atoms with Crippen LogP contribution in [0.5, 0.6) is 0 Å². The number of aldehydes is 1. The van der Waals surface area contributed by atoms with Gasteiger partial charge in [-0.2, -0.15) is 0 Å². The zero-order valence-corrected chi connectivity index (χ0v) is 4.46. The molecule has 0 aliphatic rings. The van der Waals surface area contributed by atoms with Crippen LogP contribution in [0.4, 0.5) is 0 Å². The Balaban J connectivity index is 0. The molecular formula is C2H4OTb. The summed E-state index contributed by atoms with van der Waals surface area (Å²) in [4.78, 5) is 8.81. The number of carbonyl (C=O) groups excluding carboxylic acids is 1. The predicted octanol–water partition coefficient (Wildman–Crippen LogP) is 0.205. The van der Waals surface area contributed by atoms with Crippen LogP contribution in [-0.4, -0.2) is 6.29 Å². The number of rotatable bonds is 0. The summed E-state index contributed by atoms with van der Waals surface area (Å²) in [6.45, 7) is 1.44. The van der Waals surface area contributed by atoms with Gasteiger partial charge in [-0.05, 0) is 6.92 Å². The molecule has 0 aliphatic heterocycles. The van der Waals surface area contributed by atoms with Crippen molar-refractivity contribution in [2.75, 3.05) is 0 Å². The monoisotopic (exact) mass is 203 g/mol. The minimum absolute atomic E-state index is 0. The quantitative estimate of drug-likeness (QED) is 0.514. The van der Waals surface area contributed by atoms with Crippen molar-refractivity contribution in [3.63, 3.8) is 0 Å². The van der Waals surface area contributed by atoms with Gasteiger partial charge in [0.1, 0.15) is 6.29 Å². The molecule has 0 saturated heterocycles. The van der Waals surface area contributed by atoms with E-state index < -0.39 is 0 Å². The van der Waals surface area contributed by atoms with E-state index in [9.17, 15) is 0 Å². The Morgan fingerprint density at radius 3 is 1.75 bits per heavy atom. The van der Waals surface area contributed by atoms with Crippen LogP contribution >= 0.6 is 0 Å². The third kappa shape index (κ3) is 12.4. The summed E-state index contributed by atoms with van der Waals surface area (Å²) in [5, 5.41) is 0. The van der Waals surface area contributed by atoms with Crippen LogP contribution in [0.3, 0.4) is 0 Å². The van der Waals surface area contributed by atoms with E-state index in [2.05, 4.69) is 0 Å². The standard InChI is InChI=1S/C2H4O.Tb/c1-2-3;/h2H,1H3;. The molecule has 0 spiro atoms. The van der Waals surface area contributed by atoms with Crippen LogP contribution < -0.4 is 0 Å². The topological polar surface area (TPSA) is 17.1 Å². The molecule has 0 heterocycles. The third-order valence-corrected chi connectivity index (χ3v) is 0. The molecule has 2 heteroatoms. The molecule has 0 rings (SSSR count). The van der Waals surface area contributed by atoms with E-state index in [0.717, 1.165) is 6.29 Å².